The summed E-state index contributed by atoms with van der Waals surface area (Å²) in [6.45, 7) is 0. The lowest BCUT2D eigenvalue weighted by Crippen LogP contribution is -2.47. The van der Waals surface area contributed by atoms with Crippen LogP contribution in [0.5, 0.6) is 0 Å². The Kier molecular flexibility index (Phi) is 2.88. The maximum absolute atomic E-state index is 11.8. The standard InChI is InChI=1S/C11H18O3/c1-14-10-4-2-3-7-8(12)5-6-9(13)11(7)10/h7-8,10-12H,2-6H2,1H3/t7?,8-,10?,11?/m0/s1. The average molecular weight is 198 g/mol. The third-order valence-corrected chi connectivity index (χ3v) is 3.74. The molecule has 0 radical (unpaired) electrons. The van der Waals surface area contributed by atoms with Gasteiger partial charge < -0.3 is 9.84 Å². The molecule has 0 bridgehead atoms. The number of methoxy groups -OCH3 is 1. The van der Waals surface area contributed by atoms with Gasteiger partial charge in [-0.3, -0.25) is 4.79 Å². The van der Waals surface area contributed by atoms with Crippen molar-refractivity contribution in [1.82, 2.24) is 0 Å². The quantitative estimate of drug-likeness (QED) is 0.687. The summed E-state index contributed by atoms with van der Waals surface area (Å²) in [6, 6.07) is 0. The number of aliphatic hydroxyl groups excluding tert-OH is 1. The molecule has 2 rings (SSSR count). The van der Waals surface area contributed by atoms with Crippen LogP contribution in [0.2, 0.25) is 0 Å². The van der Waals surface area contributed by atoms with E-state index in [1.54, 1.807) is 7.11 Å². The highest BCUT2D eigenvalue weighted by atomic mass is 16.5. The average Bonchev–Trinajstić information content (AvgIpc) is 2.23. The van der Waals surface area contributed by atoms with Crippen molar-refractivity contribution in [1.29, 1.82) is 0 Å². The van der Waals surface area contributed by atoms with Crippen LogP contribution in [0.15, 0.2) is 0 Å². The van der Waals surface area contributed by atoms with E-state index in [9.17, 15) is 9.90 Å². The molecule has 0 saturated heterocycles. The molecule has 80 valence electrons. The lowest BCUT2D eigenvalue weighted by molar-refractivity contribution is -0.143. The van der Waals surface area contributed by atoms with Crippen molar-refractivity contribution in [2.75, 3.05) is 7.11 Å². The van der Waals surface area contributed by atoms with Gasteiger partial charge in [0.05, 0.1) is 12.2 Å². The van der Waals surface area contributed by atoms with Gasteiger partial charge in [0.15, 0.2) is 0 Å². The molecule has 0 heterocycles. The van der Waals surface area contributed by atoms with E-state index in [2.05, 4.69) is 0 Å². The van der Waals surface area contributed by atoms with Gasteiger partial charge in [0.2, 0.25) is 0 Å². The van der Waals surface area contributed by atoms with Crippen LogP contribution in [0.25, 0.3) is 0 Å². The van der Waals surface area contributed by atoms with Crippen molar-refractivity contribution < 1.29 is 14.6 Å². The SMILES string of the molecule is COC1CCCC2C1C(=O)CC[C@@H]2O. The number of carbonyl (C=O) groups excluding carboxylic acids is 1. The highest BCUT2D eigenvalue weighted by molar-refractivity contribution is 5.83. The number of carbonyl (C=O) groups is 1. The Morgan fingerprint density at radius 2 is 2.14 bits per heavy atom. The normalized spacial score (nSPS) is 43.4. The monoisotopic (exact) mass is 198 g/mol. The number of rotatable bonds is 1. The first-order chi connectivity index (χ1) is 6.74. The summed E-state index contributed by atoms with van der Waals surface area (Å²) in [6.07, 6.45) is 3.97. The number of hydrogen-bond donors (Lipinski definition) is 1. The largest absolute Gasteiger partial charge is 0.393 e. The summed E-state index contributed by atoms with van der Waals surface area (Å²) < 4.78 is 5.35. The second-order valence-corrected chi connectivity index (χ2v) is 4.47. The molecule has 0 aromatic rings. The first-order valence-electron chi connectivity index (χ1n) is 5.47. The van der Waals surface area contributed by atoms with Gasteiger partial charge in [-0.2, -0.15) is 0 Å². The zero-order valence-corrected chi connectivity index (χ0v) is 8.61. The number of hydrogen-bond acceptors (Lipinski definition) is 3. The van der Waals surface area contributed by atoms with Crippen LogP contribution in [0, 0.1) is 11.8 Å². The number of ketones is 1. The summed E-state index contributed by atoms with van der Waals surface area (Å²) in [5, 5.41) is 9.83. The Bertz CT molecular complexity index is 227. The maximum atomic E-state index is 11.8. The zero-order chi connectivity index (χ0) is 10.1. The van der Waals surface area contributed by atoms with Gasteiger partial charge >= 0.3 is 0 Å². The predicted molar refractivity (Wildman–Crippen MR) is 51.9 cm³/mol. The van der Waals surface area contributed by atoms with Gasteiger partial charge in [0.1, 0.15) is 5.78 Å². The predicted octanol–water partition coefficient (Wildman–Crippen LogP) is 1.14. The molecule has 2 aliphatic rings. The van der Waals surface area contributed by atoms with Gasteiger partial charge in [-0.15, -0.1) is 0 Å². The molecule has 2 saturated carbocycles. The van der Waals surface area contributed by atoms with Crippen molar-refractivity contribution >= 4 is 5.78 Å². The molecule has 2 aliphatic carbocycles. The van der Waals surface area contributed by atoms with Gasteiger partial charge in [-0.1, -0.05) is 6.42 Å². The Morgan fingerprint density at radius 1 is 1.36 bits per heavy atom. The molecule has 0 aromatic heterocycles. The Hall–Kier alpha value is -0.410. The Labute approximate surface area is 84.4 Å². The lowest BCUT2D eigenvalue weighted by atomic mass is 9.67. The molecular weight excluding hydrogens is 180 g/mol. The van der Waals surface area contributed by atoms with Gasteiger partial charge in [0.25, 0.3) is 0 Å². The highest BCUT2D eigenvalue weighted by Gasteiger charge is 2.44. The summed E-state index contributed by atoms with van der Waals surface area (Å²) in [4.78, 5) is 11.8. The summed E-state index contributed by atoms with van der Waals surface area (Å²) in [5.74, 6) is 0.430. The maximum Gasteiger partial charge on any atom is 0.139 e. The van der Waals surface area contributed by atoms with Gasteiger partial charge in [-0.25, -0.2) is 0 Å². The van der Waals surface area contributed by atoms with Crippen molar-refractivity contribution in [3.05, 3.63) is 0 Å². The number of ether oxygens (including phenoxy) is 1. The minimum atomic E-state index is -0.282. The van der Waals surface area contributed by atoms with E-state index in [1.807, 2.05) is 0 Å². The summed E-state index contributed by atoms with van der Waals surface area (Å²) in [7, 11) is 1.67. The molecule has 0 spiro atoms. The molecule has 2 fully saturated rings. The fourth-order valence-electron chi connectivity index (χ4n) is 3.00. The van der Waals surface area contributed by atoms with E-state index in [0.717, 1.165) is 19.3 Å². The third kappa shape index (κ3) is 1.59. The fourth-order valence-corrected chi connectivity index (χ4v) is 3.00. The second-order valence-electron chi connectivity index (χ2n) is 4.47. The number of fused-ring (bicyclic) bond motifs is 1. The van der Waals surface area contributed by atoms with Crippen molar-refractivity contribution in [2.45, 2.75) is 44.3 Å². The molecule has 0 aromatic carbocycles. The van der Waals surface area contributed by atoms with E-state index in [1.165, 1.54) is 0 Å². The molecule has 3 unspecified atom stereocenters. The van der Waals surface area contributed by atoms with Crippen LogP contribution in [-0.4, -0.2) is 30.2 Å². The topological polar surface area (TPSA) is 46.5 Å². The molecule has 3 nitrogen and oxygen atoms in total. The van der Waals surface area contributed by atoms with Crippen molar-refractivity contribution in [2.24, 2.45) is 11.8 Å². The summed E-state index contributed by atoms with van der Waals surface area (Å²) in [5.41, 5.74) is 0. The second kappa shape index (κ2) is 3.99. The first-order valence-corrected chi connectivity index (χ1v) is 5.47. The van der Waals surface area contributed by atoms with Gasteiger partial charge in [0, 0.05) is 19.4 Å². The molecular formula is C11H18O3. The molecule has 0 aliphatic heterocycles. The third-order valence-electron chi connectivity index (χ3n) is 3.74. The van der Waals surface area contributed by atoms with Crippen molar-refractivity contribution in [3.8, 4) is 0 Å². The summed E-state index contributed by atoms with van der Waals surface area (Å²) >= 11 is 0. The van der Waals surface area contributed by atoms with Crippen LogP contribution < -0.4 is 0 Å². The molecule has 14 heavy (non-hydrogen) atoms. The van der Waals surface area contributed by atoms with Crippen LogP contribution >= 0.6 is 0 Å². The van der Waals surface area contributed by atoms with Gasteiger partial charge in [-0.05, 0) is 25.2 Å². The van der Waals surface area contributed by atoms with E-state index < -0.39 is 0 Å². The first kappa shape index (κ1) is 10.1. The number of Topliss-reactive ketones (excluding diaryl/α,β-unsaturated/α-hetero) is 1. The molecule has 1 N–H and O–H groups in total. The Morgan fingerprint density at radius 3 is 2.86 bits per heavy atom. The van der Waals surface area contributed by atoms with E-state index in [0.29, 0.717) is 18.6 Å². The van der Waals surface area contributed by atoms with E-state index in [4.69, 9.17) is 4.74 Å². The lowest BCUT2D eigenvalue weighted by Gasteiger charge is -2.41. The van der Waals surface area contributed by atoms with Crippen LogP contribution in [0.1, 0.15) is 32.1 Å². The molecule has 4 atom stereocenters. The molecule has 3 heteroatoms. The fraction of sp³-hybridized carbons (Fsp3) is 0.909. The van der Waals surface area contributed by atoms with Crippen molar-refractivity contribution in [3.63, 3.8) is 0 Å². The van der Waals surface area contributed by atoms with E-state index in [-0.39, 0.29) is 24.0 Å². The minimum absolute atomic E-state index is 0.0301. The minimum Gasteiger partial charge on any atom is -0.393 e. The zero-order valence-electron chi connectivity index (χ0n) is 8.61. The Balaban J connectivity index is 2.16. The van der Waals surface area contributed by atoms with E-state index >= 15 is 0 Å². The molecule has 0 amide bonds. The highest BCUT2D eigenvalue weighted by Crippen LogP contribution is 2.39. The number of aliphatic hydroxyl groups is 1. The van der Waals surface area contributed by atoms with Crippen LogP contribution in [-0.2, 0) is 9.53 Å². The van der Waals surface area contributed by atoms with Crippen LogP contribution in [0.3, 0.4) is 0 Å². The smallest absolute Gasteiger partial charge is 0.139 e. The van der Waals surface area contributed by atoms with Crippen LogP contribution in [0.4, 0.5) is 0 Å².